The quantitative estimate of drug-likeness (QED) is 0.374. The maximum atomic E-state index is 12.9. The molecule has 0 fully saturated rings. The standard InChI is InChI=1S/C25H18BrClO5/c1-14-5-20(30-12-17-9-18(26)8-16-11-29-13-31-25(16)17)10-21-23(14)24(28)22(32-21)7-15-3-2-4-19(27)6-15/h2-10H,11-13H2,1H3/b22-7-. The van der Waals surface area contributed by atoms with Gasteiger partial charge < -0.3 is 18.9 Å². The van der Waals surface area contributed by atoms with E-state index < -0.39 is 0 Å². The molecule has 0 unspecified atom stereocenters. The highest BCUT2D eigenvalue weighted by Crippen LogP contribution is 2.38. The van der Waals surface area contributed by atoms with E-state index in [9.17, 15) is 4.79 Å². The van der Waals surface area contributed by atoms with Crippen LogP contribution >= 0.6 is 27.5 Å². The number of aryl methyl sites for hydroxylation is 1. The van der Waals surface area contributed by atoms with Gasteiger partial charge in [-0.25, -0.2) is 0 Å². The van der Waals surface area contributed by atoms with Gasteiger partial charge in [0.15, 0.2) is 12.6 Å². The largest absolute Gasteiger partial charge is 0.489 e. The first kappa shape index (κ1) is 21.1. The second-order valence-electron chi connectivity index (χ2n) is 7.56. The Labute approximate surface area is 198 Å². The molecule has 5 rings (SSSR count). The molecule has 0 radical (unpaired) electrons. The van der Waals surface area contributed by atoms with Crippen LogP contribution in [0.4, 0.5) is 0 Å². The Kier molecular flexibility index (Phi) is 5.67. The van der Waals surface area contributed by atoms with Crippen LogP contribution < -0.4 is 14.2 Å². The average molecular weight is 514 g/mol. The summed E-state index contributed by atoms with van der Waals surface area (Å²) >= 11 is 9.58. The summed E-state index contributed by atoms with van der Waals surface area (Å²) in [5.74, 6) is 1.99. The highest BCUT2D eigenvalue weighted by atomic mass is 79.9. The molecule has 0 N–H and O–H groups in total. The summed E-state index contributed by atoms with van der Waals surface area (Å²) in [6, 6.07) is 14.8. The first-order chi connectivity index (χ1) is 15.5. The smallest absolute Gasteiger partial charge is 0.232 e. The highest BCUT2D eigenvalue weighted by molar-refractivity contribution is 9.10. The molecule has 0 spiro atoms. The zero-order valence-electron chi connectivity index (χ0n) is 17.1. The van der Waals surface area contributed by atoms with Crippen molar-refractivity contribution in [2.75, 3.05) is 6.79 Å². The lowest BCUT2D eigenvalue weighted by Crippen LogP contribution is -2.14. The van der Waals surface area contributed by atoms with Gasteiger partial charge in [-0.2, -0.15) is 0 Å². The second kappa shape index (κ2) is 8.62. The van der Waals surface area contributed by atoms with Gasteiger partial charge in [0.25, 0.3) is 0 Å². The normalized spacial score (nSPS) is 15.7. The summed E-state index contributed by atoms with van der Waals surface area (Å²) in [5.41, 5.74) is 4.02. The third-order valence-corrected chi connectivity index (χ3v) is 5.93. The van der Waals surface area contributed by atoms with Crippen LogP contribution in [0.5, 0.6) is 17.2 Å². The Bertz CT molecular complexity index is 1270. The van der Waals surface area contributed by atoms with Crippen LogP contribution in [-0.4, -0.2) is 12.6 Å². The Morgan fingerprint density at radius 2 is 2.06 bits per heavy atom. The van der Waals surface area contributed by atoms with E-state index in [1.165, 1.54) is 0 Å². The molecular weight excluding hydrogens is 496 g/mol. The minimum Gasteiger partial charge on any atom is -0.489 e. The number of fused-ring (bicyclic) bond motifs is 2. The molecule has 3 aromatic rings. The predicted octanol–water partition coefficient (Wildman–Crippen LogP) is 6.47. The first-order valence-corrected chi connectivity index (χ1v) is 11.1. The van der Waals surface area contributed by atoms with Gasteiger partial charge in [-0.15, -0.1) is 0 Å². The van der Waals surface area contributed by atoms with Gasteiger partial charge in [0.2, 0.25) is 5.78 Å². The maximum Gasteiger partial charge on any atom is 0.232 e. The van der Waals surface area contributed by atoms with Crippen LogP contribution in [-0.2, 0) is 18.0 Å². The van der Waals surface area contributed by atoms with Gasteiger partial charge in [-0.3, -0.25) is 4.79 Å². The highest BCUT2D eigenvalue weighted by Gasteiger charge is 2.30. The minimum atomic E-state index is -0.154. The van der Waals surface area contributed by atoms with Crippen molar-refractivity contribution in [2.24, 2.45) is 0 Å². The van der Waals surface area contributed by atoms with E-state index in [1.807, 2.05) is 37.3 Å². The van der Waals surface area contributed by atoms with Crippen molar-refractivity contribution in [1.29, 1.82) is 0 Å². The molecule has 2 aliphatic rings. The fraction of sp³-hybridized carbons (Fsp3) is 0.160. The number of Topliss-reactive ketones (excluding diaryl/α,β-unsaturated/α-hetero) is 1. The lowest BCUT2D eigenvalue weighted by atomic mass is 10.0. The molecule has 0 bridgehead atoms. The van der Waals surface area contributed by atoms with Gasteiger partial charge in [-0.1, -0.05) is 39.7 Å². The molecule has 0 atom stereocenters. The number of hydrogen-bond acceptors (Lipinski definition) is 5. The van der Waals surface area contributed by atoms with Gasteiger partial charge in [0.1, 0.15) is 23.9 Å². The van der Waals surface area contributed by atoms with E-state index in [0.29, 0.717) is 35.3 Å². The fourth-order valence-electron chi connectivity index (χ4n) is 3.83. The number of carbonyl (C=O) groups is 1. The summed E-state index contributed by atoms with van der Waals surface area (Å²) < 4.78 is 23.9. The number of hydrogen-bond donors (Lipinski definition) is 0. The molecule has 0 aliphatic carbocycles. The number of ketones is 1. The average Bonchev–Trinajstić information content (AvgIpc) is 3.07. The summed E-state index contributed by atoms with van der Waals surface area (Å²) in [6.45, 7) is 2.89. The van der Waals surface area contributed by atoms with E-state index in [0.717, 1.165) is 32.5 Å². The summed E-state index contributed by atoms with van der Waals surface area (Å²) in [6.07, 6.45) is 1.70. The van der Waals surface area contributed by atoms with Gasteiger partial charge in [-0.05, 0) is 54.5 Å². The van der Waals surface area contributed by atoms with Crippen LogP contribution in [0.3, 0.4) is 0 Å². The van der Waals surface area contributed by atoms with Crippen molar-refractivity contribution in [3.05, 3.63) is 91.6 Å². The molecule has 7 heteroatoms. The molecule has 5 nitrogen and oxygen atoms in total. The molecule has 0 saturated carbocycles. The zero-order chi connectivity index (χ0) is 22.2. The summed E-state index contributed by atoms with van der Waals surface area (Å²) in [7, 11) is 0. The van der Waals surface area contributed by atoms with Crippen molar-refractivity contribution in [1.82, 2.24) is 0 Å². The lowest BCUT2D eigenvalue weighted by molar-refractivity contribution is -0.0176. The van der Waals surface area contributed by atoms with Gasteiger partial charge >= 0.3 is 0 Å². The molecule has 162 valence electrons. The number of halogens is 2. The van der Waals surface area contributed by atoms with Crippen molar-refractivity contribution >= 4 is 39.4 Å². The Balaban J connectivity index is 1.39. The van der Waals surface area contributed by atoms with Crippen LogP contribution in [0, 0.1) is 6.92 Å². The molecule has 0 amide bonds. The van der Waals surface area contributed by atoms with Crippen LogP contribution in [0.2, 0.25) is 5.02 Å². The summed E-state index contributed by atoms with van der Waals surface area (Å²) in [4.78, 5) is 12.9. The minimum absolute atomic E-state index is 0.154. The molecule has 2 aliphatic heterocycles. The van der Waals surface area contributed by atoms with Crippen molar-refractivity contribution < 1.29 is 23.7 Å². The van der Waals surface area contributed by atoms with Gasteiger partial charge in [0.05, 0.1) is 12.2 Å². The topological polar surface area (TPSA) is 54.0 Å². The van der Waals surface area contributed by atoms with E-state index in [-0.39, 0.29) is 18.3 Å². The van der Waals surface area contributed by atoms with E-state index in [4.69, 9.17) is 30.5 Å². The Hall–Kier alpha value is -2.80. The Morgan fingerprint density at radius 1 is 1.19 bits per heavy atom. The first-order valence-electron chi connectivity index (χ1n) is 9.97. The monoisotopic (exact) mass is 512 g/mol. The number of rotatable bonds is 4. The van der Waals surface area contributed by atoms with Crippen LogP contribution in [0.25, 0.3) is 6.08 Å². The maximum absolute atomic E-state index is 12.9. The predicted molar refractivity (Wildman–Crippen MR) is 124 cm³/mol. The SMILES string of the molecule is Cc1cc(OCc2cc(Br)cc3c2OCOC3)cc2c1C(=O)/C(=C/c1cccc(Cl)c1)O2. The van der Waals surface area contributed by atoms with Crippen LogP contribution in [0.1, 0.15) is 32.6 Å². The number of allylic oxidation sites excluding steroid dienone is 1. The molecule has 2 heterocycles. The lowest BCUT2D eigenvalue weighted by Gasteiger charge is -2.21. The van der Waals surface area contributed by atoms with E-state index >= 15 is 0 Å². The van der Waals surface area contributed by atoms with Crippen molar-refractivity contribution in [3.63, 3.8) is 0 Å². The van der Waals surface area contributed by atoms with Crippen molar-refractivity contribution in [2.45, 2.75) is 20.1 Å². The summed E-state index contributed by atoms with van der Waals surface area (Å²) in [5, 5.41) is 0.597. The zero-order valence-corrected chi connectivity index (χ0v) is 19.5. The number of ether oxygens (including phenoxy) is 4. The second-order valence-corrected chi connectivity index (χ2v) is 8.91. The third-order valence-electron chi connectivity index (χ3n) is 5.24. The molecule has 0 saturated heterocycles. The number of carbonyl (C=O) groups excluding carboxylic acids is 1. The van der Waals surface area contributed by atoms with Crippen molar-refractivity contribution in [3.8, 4) is 17.2 Å². The van der Waals surface area contributed by atoms with E-state index in [1.54, 1.807) is 24.3 Å². The fourth-order valence-corrected chi connectivity index (χ4v) is 4.58. The number of benzene rings is 3. The third kappa shape index (κ3) is 4.13. The van der Waals surface area contributed by atoms with E-state index in [2.05, 4.69) is 15.9 Å². The Morgan fingerprint density at radius 3 is 2.91 bits per heavy atom. The molecular formula is C25H18BrClO5. The van der Waals surface area contributed by atoms with Gasteiger partial charge in [0, 0.05) is 26.7 Å². The molecule has 32 heavy (non-hydrogen) atoms. The molecule has 0 aromatic heterocycles. The molecule has 3 aromatic carbocycles. The van der Waals surface area contributed by atoms with Crippen LogP contribution in [0.15, 0.2) is 58.8 Å².